The van der Waals surface area contributed by atoms with Crippen molar-refractivity contribution >= 4 is 35.1 Å². The maximum absolute atomic E-state index is 12.5. The monoisotopic (exact) mass is 461 g/mol. The van der Waals surface area contributed by atoms with Gasteiger partial charge in [-0.2, -0.15) is 5.26 Å². The lowest BCUT2D eigenvalue weighted by Crippen LogP contribution is -2.27. The number of methoxy groups -OCH3 is 1. The van der Waals surface area contributed by atoms with Crippen LogP contribution in [-0.2, 0) is 11.2 Å². The van der Waals surface area contributed by atoms with Crippen LogP contribution in [-0.4, -0.2) is 36.2 Å². The van der Waals surface area contributed by atoms with E-state index in [1.807, 2.05) is 36.4 Å². The molecule has 1 heterocycles. The molecule has 0 aliphatic heterocycles. The van der Waals surface area contributed by atoms with Gasteiger partial charge < -0.3 is 21.1 Å². The maximum Gasteiger partial charge on any atom is 0.259 e. The number of rotatable bonds is 9. The van der Waals surface area contributed by atoms with Crippen molar-refractivity contribution < 1.29 is 14.3 Å². The smallest absolute Gasteiger partial charge is 0.259 e. The first-order chi connectivity index (χ1) is 16.0. The summed E-state index contributed by atoms with van der Waals surface area (Å²) in [6.45, 7) is 0.443. The SMILES string of the molecule is COc1ccccc1CCNC(=O)CSc1nc(N)c(C(=O)Nc2ccccc2)cc1C#N. The van der Waals surface area contributed by atoms with Gasteiger partial charge in [-0.05, 0) is 36.2 Å². The second-order valence-corrected chi connectivity index (χ2v) is 7.87. The number of nitrogens with one attached hydrogen (secondary N) is 2. The molecular formula is C24H23N5O3S. The summed E-state index contributed by atoms with van der Waals surface area (Å²) in [7, 11) is 1.61. The van der Waals surface area contributed by atoms with Crippen molar-refractivity contribution in [2.75, 3.05) is 30.5 Å². The van der Waals surface area contributed by atoms with Gasteiger partial charge in [0.05, 0.1) is 24.0 Å². The largest absolute Gasteiger partial charge is 0.496 e. The molecule has 0 unspecified atom stereocenters. The van der Waals surface area contributed by atoms with E-state index >= 15 is 0 Å². The molecule has 1 aromatic heterocycles. The van der Waals surface area contributed by atoms with Gasteiger partial charge in [-0.15, -0.1) is 0 Å². The second kappa shape index (κ2) is 11.5. The number of nitrogen functional groups attached to an aromatic ring is 1. The molecule has 8 nitrogen and oxygen atoms in total. The van der Waals surface area contributed by atoms with Gasteiger partial charge >= 0.3 is 0 Å². The van der Waals surface area contributed by atoms with Gasteiger partial charge in [0.15, 0.2) is 0 Å². The number of anilines is 2. The normalized spacial score (nSPS) is 10.2. The zero-order chi connectivity index (χ0) is 23.6. The molecule has 168 valence electrons. The average molecular weight is 462 g/mol. The number of nitrogens with zero attached hydrogens (tertiary/aromatic N) is 2. The fourth-order valence-electron chi connectivity index (χ4n) is 3.03. The quantitative estimate of drug-likeness (QED) is 0.417. The highest BCUT2D eigenvalue weighted by molar-refractivity contribution is 8.00. The van der Waals surface area contributed by atoms with Crippen molar-refractivity contribution in [2.24, 2.45) is 0 Å². The van der Waals surface area contributed by atoms with Crippen LogP contribution < -0.4 is 21.1 Å². The number of hydrogen-bond acceptors (Lipinski definition) is 7. The average Bonchev–Trinajstić information content (AvgIpc) is 2.83. The minimum atomic E-state index is -0.465. The maximum atomic E-state index is 12.5. The predicted octanol–water partition coefficient (Wildman–Crippen LogP) is 3.25. The fraction of sp³-hybridized carbons (Fsp3) is 0.167. The van der Waals surface area contributed by atoms with E-state index in [0.717, 1.165) is 23.1 Å². The van der Waals surface area contributed by atoms with Gasteiger partial charge in [-0.25, -0.2) is 4.98 Å². The predicted molar refractivity (Wildman–Crippen MR) is 128 cm³/mol. The molecule has 4 N–H and O–H groups in total. The minimum Gasteiger partial charge on any atom is -0.496 e. The number of amides is 2. The molecule has 2 aromatic carbocycles. The van der Waals surface area contributed by atoms with Crippen molar-refractivity contribution in [3.63, 3.8) is 0 Å². The zero-order valence-electron chi connectivity index (χ0n) is 18.0. The van der Waals surface area contributed by atoms with E-state index in [-0.39, 0.29) is 28.6 Å². The van der Waals surface area contributed by atoms with Crippen molar-refractivity contribution in [3.8, 4) is 11.8 Å². The van der Waals surface area contributed by atoms with Crippen molar-refractivity contribution in [1.82, 2.24) is 10.3 Å². The summed E-state index contributed by atoms with van der Waals surface area (Å²) >= 11 is 1.09. The van der Waals surface area contributed by atoms with Gasteiger partial charge in [0.2, 0.25) is 5.91 Å². The van der Waals surface area contributed by atoms with Gasteiger partial charge in [0, 0.05) is 12.2 Å². The minimum absolute atomic E-state index is 0.0125. The Kier molecular flexibility index (Phi) is 8.27. The van der Waals surface area contributed by atoms with Crippen LogP contribution >= 0.6 is 11.8 Å². The second-order valence-electron chi connectivity index (χ2n) is 6.91. The van der Waals surface area contributed by atoms with E-state index < -0.39 is 5.91 Å². The molecule has 3 aromatic rings. The first kappa shape index (κ1) is 23.6. The van der Waals surface area contributed by atoms with Gasteiger partial charge in [0.1, 0.15) is 22.7 Å². The zero-order valence-corrected chi connectivity index (χ0v) is 18.8. The number of pyridine rings is 1. The number of benzene rings is 2. The van der Waals surface area contributed by atoms with Crippen LogP contribution in [0, 0.1) is 11.3 Å². The summed E-state index contributed by atoms with van der Waals surface area (Å²) in [5.41, 5.74) is 7.84. The van der Waals surface area contributed by atoms with E-state index in [0.29, 0.717) is 23.7 Å². The van der Waals surface area contributed by atoms with Crippen LogP contribution in [0.5, 0.6) is 5.75 Å². The van der Waals surface area contributed by atoms with Crippen molar-refractivity contribution in [3.05, 3.63) is 77.4 Å². The van der Waals surface area contributed by atoms with Crippen molar-refractivity contribution in [1.29, 1.82) is 5.26 Å². The topological polar surface area (TPSA) is 130 Å². The highest BCUT2D eigenvalue weighted by Crippen LogP contribution is 2.25. The Bertz CT molecular complexity index is 1180. The Morgan fingerprint density at radius 3 is 2.61 bits per heavy atom. The van der Waals surface area contributed by atoms with Crippen LogP contribution in [0.2, 0.25) is 0 Å². The van der Waals surface area contributed by atoms with Gasteiger partial charge in [-0.1, -0.05) is 48.2 Å². The van der Waals surface area contributed by atoms with Gasteiger partial charge in [0.25, 0.3) is 5.91 Å². The third-order valence-corrected chi connectivity index (χ3v) is 5.65. The molecule has 9 heteroatoms. The third kappa shape index (κ3) is 6.48. The number of nitriles is 1. The van der Waals surface area contributed by atoms with Crippen LogP contribution in [0.15, 0.2) is 65.7 Å². The number of carbonyl (C=O) groups excluding carboxylic acids is 2. The summed E-state index contributed by atoms with van der Waals surface area (Å²) in [6.07, 6.45) is 0.625. The molecule has 0 aliphatic rings. The highest BCUT2D eigenvalue weighted by Gasteiger charge is 2.17. The molecule has 33 heavy (non-hydrogen) atoms. The summed E-state index contributed by atoms with van der Waals surface area (Å²) in [5.74, 6) is 0.151. The number of nitrogens with two attached hydrogens (primary N) is 1. The molecule has 0 spiro atoms. The van der Waals surface area contributed by atoms with Crippen LogP contribution in [0.4, 0.5) is 11.5 Å². The highest BCUT2D eigenvalue weighted by atomic mass is 32.2. The van der Waals surface area contributed by atoms with E-state index in [1.54, 1.807) is 31.4 Å². The molecule has 2 amide bonds. The van der Waals surface area contributed by atoms with Crippen LogP contribution in [0.1, 0.15) is 21.5 Å². The van der Waals surface area contributed by atoms with Crippen LogP contribution in [0.3, 0.4) is 0 Å². The lowest BCUT2D eigenvalue weighted by atomic mass is 10.1. The third-order valence-electron chi connectivity index (χ3n) is 4.66. The lowest BCUT2D eigenvalue weighted by molar-refractivity contribution is -0.118. The first-order valence-electron chi connectivity index (χ1n) is 10.1. The standard InChI is InChI=1S/C24H23N5O3S/c1-32-20-10-6-5-7-16(20)11-12-27-21(30)15-33-24-17(14-25)13-19(22(26)29-24)23(31)28-18-8-3-2-4-9-18/h2-10,13H,11-12,15H2,1H3,(H2,26,29)(H,27,30)(H,28,31). The number of thioether (sulfide) groups is 1. The van der Waals surface area contributed by atoms with E-state index in [9.17, 15) is 14.9 Å². The lowest BCUT2D eigenvalue weighted by Gasteiger charge is -2.11. The Morgan fingerprint density at radius 2 is 1.88 bits per heavy atom. The van der Waals surface area contributed by atoms with E-state index in [4.69, 9.17) is 10.5 Å². The molecule has 0 saturated carbocycles. The Labute approximate surface area is 196 Å². The molecule has 0 fully saturated rings. The Balaban J connectivity index is 1.58. The molecule has 0 saturated heterocycles. The summed E-state index contributed by atoms with van der Waals surface area (Å²) in [6, 6.07) is 19.9. The number of carbonyl (C=O) groups is 2. The van der Waals surface area contributed by atoms with E-state index in [2.05, 4.69) is 15.6 Å². The molecule has 0 atom stereocenters. The summed E-state index contributed by atoms with van der Waals surface area (Å²) < 4.78 is 5.31. The summed E-state index contributed by atoms with van der Waals surface area (Å²) in [4.78, 5) is 29.0. The molecule has 0 bridgehead atoms. The number of aromatic nitrogens is 1. The number of ether oxygens (including phenoxy) is 1. The summed E-state index contributed by atoms with van der Waals surface area (Å²) in [5, 5.41) is 15.4. The first-order valence-corrected chi connectivity index (χ1v) is 11.1. The van der Waals surface area contributed by atoms with E-state index in [1.165, 1.54) is 6.07 Å². The number of hydrogen-bond donors (Lipinski definition) is 3. The number of para-hydroxylation sites is 2. The van der Waals surface area contributed by atoms with Gasteiger partial charge in [-0.3, -0.25) is 9.59 Å². The molecule has 0 aliphatic carbocycles. The fourth-order valence-corrected chi connectivity index (χ4v) is 3.83. The Hall–Kier alpha value is -4.03. The molecule has 0 radical (unpaired) electrons. The van der Waals surface area contributed by atoms with Crippen molar-refractivity contribution in [2.45, 2.75) is 11.4 Å². The molecular weight excluding hydrogens is 438 g/mol. The Morgan fingerprint density at radius 1 is 1.15 bits per heavy atom. The molecule has 3 rings (SSSR count). The van der Waals surface area contributed by atoms with Crippen LogP contribution in [0.25, 0.3) is 0 Å².